The van der Waals surface area contributed by atoms with Crippen LogP contribution in [0.4, 0.5) is 0 Å². The highest BCUT2D eigenvalue weighted by Crippen LogP contribution is 2.25. The number of hydrogen-bond donors (Lipinski definition) is 1. The Morgan fingerprint density at radius 2 is 2.00 bits per heavy atom. The quantitative estimate of drug-likeness (QED) is 0.872. The molecule has 1 fully saturated rings. The van der Waals surface area contributed by atoms with E-state index in [-0.39, 0.29) is 0 Å². The standard InChI is InChI=1S/C14H19NO2/c1-10-7-8-15(11(10)2)9-12-3-5-13(6-4-12)14(16)17/h3-6,10-11H,7-9H2,1-2H3,(H,16,17). The molecule has 3 nitrogen and oxygen atoms in total. The summed E-state index contributed by atoms with van der Waals surface area (Å²) in [6.45, 7) is 6.62. The molecule has 1 aliphatic heterocycles. The van der Waals surface area contributed by atoms with E-state index in [1.54, 1.807) is 12.1 Å². The van der Waals surface area contributed by atoms with Crippen molar-refractivity contribution in [3.05, 3.63) is 35.4 Å². The third-order valence-electron chi connectivity index (χ3n) is 3.86. The number of carbonyl (C=O) groups is 1. The lowest BCUT2D eigenvalue weighted by molar-refractivity contribution is 0.0697. The average Bonchev–Trinajstić information content (AvgIpc) is 2.62. The minimum Gasteiger partial charge on any atom is -0.478 e. The monoisotopic (exact) mass is 233 g/mol. The average molecular weight is 233 g/mol. The number of benzene rings is 1. The minimum absolute atomic E-state index is 0.358. The Morgan fingerprint density at radius 3 is 2.47 bits per heavy atom. The van der Waals surface area contributed by atoms with Crippen molar-refractivity contribution < 1.29 is 9.90 Å². The molecule has 1 N–H and O–H groups in total. The zero-order valence-electron chi connectivity index (χ0n) is 10.4. The van der Waals surface area contributed by atoms with Gasteiger partial charge >= 0.3 is 5.97 Å². The number of aromatic carboxylic acids is 1. The fourth-order valence-electron chi connectivity index (χ4n) is 2.38. The largest absolute Gasteiger partial charge is 0.478 e. The van der Waals surface area contributed by atoms with E-state index >= 15 is 0 Å². The van der Waals surface area contributed by atoms with Crippen LogP contribution in [0.25, 0.3) is 0 Å². The first-order valence-corrected chi connectivity index (χ1v) is 6.14. The predicted octanol–water partition coefficient (Wildman–Crippen LogP) is 2.62. The van der Waals surface area contributed by atoms with E-state index in [9.17, 15) is 4.79 Å². The third-order valence-corrected chi connectivity index (χ3v) is 3.86. The summed E-state index contributed by atoms with van der Waals surface area (Å²) in [6, 6.07) is 7.82. The van der Waals surface area contributed by atoms with Crippen molar-refractivity contribution in [2.24, 2.45) is 5.92 Å². The van der Waals surface area contributed by atoms with E-state index in [0.717, 1.165) is 19.0 Å². The number of likely N-dealkylation sites (tertiary alicyclic amines) is 1. The topological polar surface area (TPSA) is 40.5 Å². The summed E-state index contributed by atoms with van der Waals surface area (Å²) in [6.07, 6.45) is 1.26. The van der Waals surface area contributed by atoms with Gasteiger partial charge in [-0.15, -0.1) is 0 Å². The van der Waals surface area contributed by atoms with Crippen LogP contribution in [-0.4, -0.2) is 28.6 Å². The molecule has 1 aromatic rings. The molecule has 0 spiro atoms. The van der Waals surface area contributed by atoms with Gasteiger partial charge in [0.15, 0.2) is 0 Å². The molecular formula is C14H19NO2. The molecular weight excluding hydrogens is 214 g/mol. The molecule has 0 amide bonds. The molecule has 1 saturated heterocycles. The van der Waals surface area contributed by atoms with Crippen LogP contribution in [0.3, 0.4) is 0 Å². The minimum atomic E-state index is -0.861. The molecule has 0 aliphatic carbocycles. The van der Waals surface area contributed by atoms with Crippen molar-refractivity contribution in [3.63, 3.8) is 0 Å². The molecule has 2 rings (SSSR count). The maximum Gasteiger partial charge on any atom is 0.335 e. The zero-order chi connectivity index (χ0) is 12.4. The SMILES string of the molecule is CC1CCN(Cc2ccc(C(=O)O)cc2)C1C. The van der Waals surface area contributed by atoms with Gasteiger partial charge in [0.05, 0.1) is 5.56 Å². The lowest BCUT2D eigenvalue weighted by Gasteiger charge is -2.23. The Hall–Kier alpha value is -1.35. The Balaban J connectivity index is 2.02. The third kappa shape index (κ3) is 2.67. The fraction of sp³-hybridized carbons (Fsp3) is 0.500. The van der Waals surface area contributed by atoms with Crippen LogP contribution in [0, 0.1) is 5.92 Å². The van der Waals surface area contributed by atoms with Gasteiger partial charge in [0.2, 0.25) is 0 Å². The van der Waals surface area contributed by atoms with Crippen molar-refractivity contribution in [3.8, 4) is 0 Å². The molecule has 1 aliphatic rings. The zero-order valence-corrected chi connectivity index (χ0v) is 10.4. The normalized spacial score (nSPS) is 25.1. The van der Waals surface area contributed by atoms with Gasteiger partial charge in [-0.05, 0) is 43.5 Å². The summed E-state index contributed by atoms with van der Waals surface area (Å²) in [5.41, 5.74) is 1.55. The highest BCUT2D eigenvalue weighted by molar-refractivity contribution is 5.87. The van der Waals surface area contributed by atoms with Gasteiger partial charge in [-0.25, -0.2) is 4.79 Å². The first-order chi connectivity index (χ1) is 8.08. The number of hydrogen-bond acceptors (Lipinski definition) is 2. The highest BCUT2D eigenvalue weighted by atomic mass is 16.4. The van der Waals surface area contributed by atoms with Gasteiger partial charge < -0.3 is 5.11 Å². The van der Waals surface area contributed by atoms with Crippen LogP contribution < -0.4 is 0 Å². The first-order valence-electron chi connectivity index (χ1n) is 6.14. The maximum absolute atomic E-state index is 10.7. The van der Waals surface area contributed by atoms with Gasteiger partial charge in [-0.1, -0.05) is 19.1 Å². The van der Waals surface area contributed by atoms with Crippen LogP contribution in [0.1, 0.15) is 36.2 Å². The van der Waals surface area contributed by atoms with Crippen LogP contribution >= 0.6 is 0 Å². The second kappa shape index (κ2) is 4.88. The molecule has 0 bridgehead atoms. The van der Waals surface area contributed by atoms with Crippen molar-refractivity contribution >= 4 is 5.97 Å². The van der Waals surface area contributed by atoms with Gasteiger partial charge in [-0.3, -0.25) is 4.90 Å². The molecule has 1 aromatic carbocycles. The summed E-state index contributed by atoms with van der Waals surface area (Å²) in [7, 11) is 0. The molecule has 0 saturated carbocycles. The Labute approximate surface area is 102 Å². The van der Waals surface area contributed by atoms with Crippen LogP contribution in [0.2, 0.25) is 0 Å². The lowest BCUT2D eigenvalue weighted by Crippen LogP contribution is -2.28. The van der Waals surface area contributed by atoms with E-state index in [1.165, 1.54) is 12.0 Å². The molecule has 2 unspecified atom stereocenters. The highest BCUT2D eigenvalue weighted by Gasteiger charge is 2.26. The van der Waals surface area contributed by atoms with E-state index in [2.05, 4.69) is 18.7 Å². The second-order valence-corrected chi connectivity index (χ2v) is 4.98. The van der Waals surface area contributed by atoms with E-state index in [1.807, 2.05) is 12.1 Å². The molecule has 92 valence electrons. The second-order valence-electron chi connectivity index (χ2n) is 4.98. The summed E-state index contributed by atoms with van der Waals surface area (Å²) < 4.78 is 0. The molecule has 0 radical (unpaired) electrons. The summed E-state index contributed by atoms with van der Waals surface area (Å²) in [4.78, 5) is 13.2. The molecule has 0 aromatic heterocycles. The van der Waals surface area contributed by atoms with Gasteiger partial charge in [0.1, 0.15) is 0 Å². The summed E-state index contributed by atoms with van der Waals surface area (Å²) in [5, 5.41) is 8.83. The summed E-state index contributed by atoms with van der Waals surface area (Å²) in [5.74, 6) is -0.104. The Kier molecular flexibility index (Phi) is 3.48. The van der Waals surface area contributed by atoms with E-state index < -0.39 is 5.97 Å². The maximum atomic E-state index is 10.7. The number of rotatable bonds is 3. The van der Waals surface area contributed by atoms with Crippen molar-refractivity contribution in [2.75, 3.05) is 6.54 Å². The Bertz CT molecular complexity index is 399. The van der Waals surface area contributed by atoms with Crippen molar-refractivity contribution in [1.82, 2.24) is 4.90 Å². The molecule has 17 heavy (non-hydrogen) atoms. The number of carboxylic acids is 1. The van der Waals surface area contributed by atoms with Gasteiger partial charge in [0.25, 0.3) is 0 Å². The van der Waals surface area contributed by atoms with Gasteiger partial charge in [0, 0.05) is 12.6 Å². The Morgan fingerprint density at radius 1 is 1.35 bits per heavy atom. The summed E-state index contributed by atoms with van der Waals surface area (Å²) >= 11 is 0. The lowest BCUT2D eigenvalue weighted by atomic mass is 10.0. The van der Waals surface area contributed by atoms with Crippen LogP contribution in [-0.2, 0) is 6.54 Å². The van der Waals surface area contributed by atoms with Gasteiger partial charge in [-0.2, -0.15) is 0 Å². The molecule has 1 heterocycles. The number of nitrogens with zero attached hydrogens (tertiary/aromatic N) is 1. The van der Waals surface area contributed by atoms with E-state index in [4.69, 9.17) is 5.11 Å². The van der Waals surface area contributed by atoms with Crippen LogP contribution in [0.5, 0.6) is 0 Å². The van der Waals surface area contributed by atoms with Crippen LogP contribution in [0.15, 0.2) is 24.3 Å². The first kappa shape index (κ1) is 12.1. The van der Waals surface area contributed by atoms with Crippen molar-refractivity contribution in [2.45, 2.75) is 32.9 Å². The van der Waals surface area contributed by atoms with Crippen molar-refractivity contribution in [1.29, 1.82) is 0 Å². The predicted molar refractivity (Wildman–Crippen MR) is 67.1 cm³/mol. The smallest absolute Gasteiger partial charge is 0.335 e. The number of carboxylic acid groups (broad SMARTS) is 1. The molecule has 2 atom stereocenters. The fourth-order valence-corrected chi connectivity index (χ4v) is 2.38. The van der Waals surface area contributed by atoms with E-state index in [0.29, 0.717) is 11.6 Å². The molecule has 3 heteroatoms.